The van der Waals surface area contributed by atoms with Crippen LogP contribution in [0, 0.1) is 13.8 Å². The third kappa shape index (κ3) is 3.43. The van der Waals surface area contributed by atoms with E-state index in [0.717, 1.165) is 28.1 Å². The second kappa shape index (κ2) is 5.99. The van der Waals surface area contributed by atoms with E-state index in [1.54, 1.807) is 11.3 Å². The van der Waals surface area contributed by atoms with Crippen molar-refractivity contribution in [2.45, 2.75) is 20.3 Å². The zero-order valence-electron chi connectivity index (χ0n) is 10.1. The molecule has 0 aliphatic carbocycles. The van der Waals surface area contributed by atoms with Gasteiger partial charge in [-0.3, -0.25) is 0 Å². The summed E-state index contributed by atoms with van der Waals surface area (Å²) in [5, 5.41) is 3.83. The molecule has 0 spiro atoms. The molecular weight excluding hydrogens is 334 g/mol. The highest BCUT2D eigenvalue weighted by molar-refractivity contribution is 9.11. The summed E-state index contributed by atoms with van der Waals surface area (Å²) in [4.78, 5) is 9.81. The highest BCUT2D eigenvalue weighted by Crippen LogP contribution is 2.23. The smallest absolute Gasteiger partial charge is 0.137 e. The number of thiophene rings is 1. The van der Waals surface area contributed by atoms with Crippen LogP contribution in [0.5, 0.6) is 0 Å². The molecule has 0 aliphatic heterocycles. The summed E-state index contributed by atoms with van der Waals surface area (Å²) in [5.41, 5.74) is 0.898. The van der Waals surface area contributed by atoms with Gasteiger partial charge in [0.25, 0.3) is 0 Å². The lowest BCUT2D eigenvalue weighted by molar-refractivity contribution is 0.980. The Bertz CT molecular complexity index is 556. The Morgan fingerprint density at radius 3 is 2.78 bits per heavy atom. The van der Waals surface area contributed by atoms with Gasteiger partial charge in [0.1, 0.15) is 16.8 Å². The number of hydrogen-bond donors (Lipinski definition) is 1. The zero-order chi connectivity index (χ0) is 13.1. The van der Waals surface area contributed by atoms with E-state index in [1.165, 1.54) is 4.88 Å². The van der Waals surface area contributed by atoms with Crippen LogP contribution in [0.25, 0.3) is 0 Å². The molecule has 0 atom stereocenters. The Morgan fingerprint density at radius 1 is 1.33 bits per heavy atom. The van der Waals surface area contributed by atoms with Crippen molar-refractivity contribution < 1.29 is 0 Å². The molecule has 0 saturated heterocycles. The average Bonchev–Trinajstić information content (AvgIpc) is 2.71. The lowest BCUT2D eigenvalue weighted by atomic mass is 10.3. The van der Waals surface area contributed by atoms with Crippen LogP contribution in [0.15, 0.2) is 15.9 Å². The maximum atomic E-state index is 6.02. The minimum absolute atomic E-state index is 0.517. The number of anilines is 1. The summed E-state index contributed by atoms with van der Waals surface area (Å²) in [6, 6.07) is 4.19. The van der Waals surface area contributed by atoms with E-state index < -0.39 is 0 Å². The first-order valence-electron chi connectivity index (χ1n) is 5.55. The van der Waals surface area contributed by atoms with E-state index in [4.69, 9.17) is 11.6 Å². The van der Waals surface area contributed by atoms with Crippen LogP contribution in [-0.2, 0) is 6.42 Å². The summed E-state index contributed by atoms with van der Waals surface area (Å²) in [6.07, 6.45) is 0.969. The van der Waals surface area contributed by atoms with Gasteiger partial charge in [0.15, 0.2) is 0 Å². The number of aromatic nitrogens is 2. The molecule has 6 heteroatoms. The largest absolute Gasteiger partial charge is 0.369 e. The highest BCUT2D eigenvalue weighted by atomic mass is 79.9. The van der Waals surface area contributed by atoms with E-state index in [9.17, 15) is 0 Å². The van der Waals surface area contributed by atoms with Crippen LogP contribution < -0.4 is 5.32 Å². The molecule has 0 bridgehead atoms. The molecule has 0 radical (unpaired) electrons. The number of aryl methyl sites for hydroxylation is 1. The predicted molar refractivity (Wildman–Crippen MR) is 80.7 cm³/mol. The Labute approximate surface area is 124 Å². The monoisotopic (exact) mass is 345 g/mol. The topological polar surface area (TPSA) is 37.8 Å². The molecule has 1 N–H and O–H groups in total. The molecule has 3 nitrogen and oxygen atoms in total. The van der Waals surface area contributed by atoms with Crippen LogP contribution in [-0.4, -0.2) is 16.5 Å². The van der Waals surface area contributed by atoms with Gasteiger partial charge in [-0.1, -0.05) is 11.6 Å². The SMILES string of the molecule is Cc1nc(Cl)c(C)c(NCCc2ccc(Br)s2)n1. The molecule has 0 saturated carbocycles. The first-order chi connectivity index (χ1) is 8.56. The van der Waals surface area contributed by atoms with Gasteiger partial charge in [0, 0.05) is 17.0 Å². The minimum Gasteiger partial charge on any atom is -0.369 e. The number of rotatable bonds is 4. The summed E-state index contributed by atoms with van der Waals surface area (Å²) >= 11 is 11.2. The van der Waals surface area contributed by atoms with Crippen molar-refractivity contribution in [3.05, 3.63) is 37.3 Å². The fraction of sp³-hybridized carbons (Fsp3) is 0.333. The molecule has 2 aromatic rings. The van der Waals surface area contributed by atoms with Crippen LogP contribution in [0.2, 0.25) is 5.15 Å². The highest BCUT2D eigenvalue weighted by Gasteiger charge is 2.06. The fourth-order valence-corrected chi connectivity index (χ4v) is 3.25. The molecule has 0 unspecified atom stereocenters. The third-order valence-electron chi connectivity index (χ3n) is 2.49. The van der Waals surface area contributed by atoms with Crippen LogP contribution in [0.4, 0.5) is 5.82 Å². The number of hydrogen-bond acceptors (Lipinski definition) is 4. The van der Waals surface area contributed by atoms with Crippen molar-refractivity contribution in [1.29, 1.82) is 0 Å². The Kier molecular flexibility index (Phi) is 4.59. The summed E-state index contributed by atoms with van der Waals surface area (Å²) < 4.78 is 1.16. The Balaban J connectivity index is 1.98. The first-order valence-corrected chi connectivity index (χ1v) is 7.54. The summed E-state index contributed by atoms with van der Waals surface area (Å²) in [6.45, 7) is 4.60. The predicted octanol–water partition coefficient (Wildman–Crippen LogP) is 4.23. The number of nitrogens with one attached hydrogen (secondary N) is 1. The van der Waals surface area contributed by atoms with Crippen molar-refractivity contribution in [1.82, 2.24) is 9.97 Å². The molecular formula is C12H13BrClN3S. The van der Waals surface area contributed by atoms with Crippen molar-refractivity contribution >= 4 is 44.7 Å². The minimum atomic E-state index is 0.517. The van der Waals surface area contributed by atoms with Crippen LogP contribution in [0.1, 0.15) is 16.3 Å². The maximum absolute atomic E-state index is 6.02. The number of halogens is 2. The molecule has 2 aromatic heterocycles. The van der Waals surface area contributed by atoms with E-state index in [0.29, 0.717) is 11.0 Å². The molecule has 0 aromatic carbocycles. The molecule has 0 amide bonds. The molecule has 18 heavy (non-hydrogen) atoms. The standard InChI is InChI=1S/C12H13BrClN3S/c1-7-11(14)16-8(2)17-12(7)15-6-5-9-3-4-10(13)18-9/h3-4H,5-6H2,1-2H3,(H,15,16,17). The van der Waals surface area contributed by atoms with E-state index in [2.05, 4.69) is 43.3 Å². The van der Waals surface area contributed by atoms with Crippen molar-refractivity contribution in [2.75, 3.05) is 11.9 Å². The van der Waals surface area contributed by atoms with E-state index in [-0.39, 0.29) is 0 Å². The summed E-state index contributed by atoms with van der Waals surface area (Å²) in [7, 11) is 0. The molecule has 0 aliphatic rings. The normalized spacial score (nSPS) is 10.7. The number of nitrogens with zero attached hydrogens (tertiary/aromatic N) is 2. The van der Waals surface area contributed by atoms with Crippen molar-refractivity contribution in [2.24, 2.45) is 0 Å². The van der Waals surface area contributed by atoms with Gasteiger partial charge in [0.05, 0.1) is 3.79 Å². The average molecular weight is 347 g/mol. The molecule has 0 fully saturated rings. The van der Waals surface area contributed by atoms with Gasteiger partial charge in [0.2, 0.25) is 0 Å². The first kappa shape index (κ1) is 13.8. The van der Waals surface area contributed by atoms with Crippen LogP contribution in [0.3, 0.4) is 0 Å². The van der Waals surface area contributed by atoms with E-state index >= 15 is 0 Å². The molecule has 96 valence electrons. The fourth-order valence-electron chi connectivity index (χ4n) is 1.56. The Morgan fingerprint density at radius 2 is 2.11 bits per heavy atom. The molecule has 2 heterocycles. The summed E-state index contributed by atoms with van der Waals surface area (Å²) in [5.74, 6) is 1.51. The lowest BCUT2D eigenvalue weighted by Crippen LogP contribution is -2.08. The third-order valence-corrected chi connectivity index (χ3v) is 4.54. The van der Waals surface area contributed by atoms with E-state index in [1.807, 2.05) is 13.8 Å². The zero-order valence-corrected chi connectivity index (χ0v) is 13.3. The maximum Gasteiger partial charge on any atom is 0.137 e. The van der Waals surface area contributed by atoms with Gasteiger partial charge in [-0.2, -0.15) is 0 Å². The van der Waals surface area contributed by atoms with Gasteiger partial charge >= 0.3 is 0 Å². The van der Waals surface area contributed by atoms with Crippen molar-refractivity contribution in [3.63, 3.8) is 0 Å². The lowest BCUT2D eigenvalue weighted by Gasteiger charge is -2.09. The quantitative estimate of drug-likeness (QED) is 0.842. The second-order valence-corrected chi connectivity index (χ2v) is 6.82. The van der Waals surface area contributed by atoms with Gasteiger partial charge in [-0.15, -0.1) is 11.3 Å². The second-order valence-electron chi connectivity index (χ2n) is 3.92. The Hall–Kier alpha value is -0.650. The van der Waals surface area contributed by atoms with Crippen LogP contribution >= 0.6 is 38.9 Å². The van der Waals surface area contributed by atoms with Gasteiger partial charge in [-0.05, 0) is 48.3 Å². The molecule has 2 rings (SSSR count). The van der Waals surface area contributed by atoms with Crippen molar-refractivity contribution in [3.8, 4) is 0 Å². The van der Waals surface area contributed by atoms with Gasteiger partial charge < -0.3 is 5.32 Å². The van der Waals surface area contributed by atoms with Gasteiger partial charge in [-0.25, -0.2) is 9.97 Å².